The summed E-state index contributed by atoms with van der Waals surface area (Å²) in [5, 5.41) is 153. The van der Waals surface area contributed by atoms with Crippen LogP contribution in [0.4, 0.5) is 11.4 Å². The van der Waals surface area contributed by atoms with E-state index in [1.165, 1.54) is 118 Å². The standard InChI is InChI=1S/C76H94N4O26/c1-31-21-19-23-33(3)73(95)77-55-45(63(89)49-51(65(55)91)61(87)41(11)69-53(49)71(93)75(15,105-69)101-27-25-47(99-17)35(5)67(103-43(13)81)39(9)59(85)37(7)57(31)83)29-79(97)80(98)30-46-56-66(92)52-50(64(46)90)54-70(42(12)62(52)88)106-76(16,72(54)94)102-28-26-48(100-18)36(6)68(104-44(14)82)40(10)60(86)38(8)58(84)32(2)22-20-24-34(4)74(96)78-56/h19-32,35-40,47-48,57-60,67-68,83-92H,1-18H3,(H,77,95)(H,78,96)/b21-19+,22-20+,27-25+,28-26+,33-23-,34-24-,79-29-,80-30-/t31-,32-,35+,36+,37+,38+,39+,40+,47-,48-,57-,58-,59+,60+,67+,68+,75-,76-/m0/s1. The summed E-state index contributed by atoms with van der Waals surface area (Å²) in [6, 6.07) is 0. The highest BCUT2D eigenvalue weighted by Gasteiger charge is 2.52. The first-order chi connectivity index (χ1) is 49.5. The maximum Gasteiger partial charge on any atom is 0.312 e. The number of carbonyl (C=O) groups is 6. The molecule has 6 aliphatic heterocycles. The number of aromatic hydroxyl groups is 6. The number of rotatable bonds is 7. The van der Waals surface area contributed by atoms with Crippen LogP contribution in [0.25, 0.3) is 21.5 Å². The Morgan fingerprint density at radius 2 is 0.821 bits per heavy atom. The number of phenols is 6. The van der Waals surface area contributed by atoms with Crippen LogP contribution in [-0.4, -0.2) is 183 Å². The van der Waals surface area contributed by atoms with Gasteiger partial charge in [-0.05, 0) is 39.8 Å². The molecule has 2 amide bonds. The summed E-state index contributed by atoms with van der Waals surface area (Å²) in [4.78, 5) is 82.9. The predicted molar refractivity (Wildman–Crippen MR) is 385 cm³/mol. The Labute approximate surface area is 611 Å². The van der Waals surface area contributed by atoms with Crippen molar-refractivity contribution >= 4 is 80.7 Å². The highest BCUT2D eigenvalue weighted by Crippen LogP contribution is 2.57. The summed E-state index contributed by atoms with van der Waals surface area (Å²) >= 11 is 0. The zero-order valence-electron chi connectivity index (χ0n) is 62.1. The van der Waals surface area contributed by atoms with Gasteiger partial charge in [-0.2, -0.15) is 0 Å². The van der Waals surface area contributed by atoms with E-state index in [0.29, 0.717) is 0 Å². The molecule has 0 fully saturated rings. The second kappa shape index (κ2) is 31.8. The van der Waals surface area contributed by atoms with E-state index in [1.54, 1.807) is 55.4 Å². The quantitative estimate of drug-likeness (QED) is 0.0157. The van der Waals surface area contributed by atoms with Gasteiger partial charge in [0.25, 0.3) is 35.8 Å². The van der Waals surface area contributed by atoms with Crippen molar-refractivity contribution in [2.45, 2.75) is 171 Å². The Balaban J connectivity index is 1.36. The second-order valence-electron chi connectivity index (χ2n) is 28.1. The Hall–Kier alpha value is -10.2. The highest BCUT2D eigenvalue weighted by atomic mass is 16.7. The van der Waals surface area contributed by atoms with Crippen LogP contribution in [0.15, 0.2) is 72.3 Å². The third-order valence-electron chi connectivity index (χ3n) is 20.7. The van der Waals surface area contributed by atoms with Gasteiger partial charge in [0.1, 0.15) is 69.2 Å². The Bertz CT molecular complexity index is 4180. The predicted octanol–water partition coefficient (Wildman–Crippen LogP) is 8.30. The molecule has 106 heavy (non-hydrogen) atoms. The van der Waals surface area contributed by atoms with Gasteiger partial charge in [-0.25, -0.2) is 0 Å². The number of benzene rings is 4. The topological polar surface area (TPSA) is 455 Å². The number of aliphatic hydroxyl groups excluding tert-OH is 4. The molecule has 4 aromatic rings. The maximum atomic E-state index is 15.0. The molecule has 6 heterocycles. The lowest BCUT2D eigenvalue weighted by atomic mass is 9.78. The number of allylic oxidation sites excluding steroid dienone is 4. The third kappa shape index (κ3) is 15.3. The fraction of sp³-hybridized carbons (Fsp3) is 0.474. The number of ketones is 2. The number of hydrogen-bond acceptors (Lipinski definition) is 26. The van der Waals surface area contributed by atoms with E-state index in [4.69, 9.17) is 37.9 Å². The van der Waals surface area contributed by atoms with Crippen LogP contribution in [-0.2, 0) is 47.6 Å². The van der Waals surface area contributed by atoms with Crippen molar-refractivity contribution < 1.29 is 127 Å². The molecule has 30 nitrogen and oxygen atoms in total. The fourth-order valence-corrected chi connectivity index (χ4v) is 14.1. The highest BCUT2D eigenvalue weighted by molar-refractivity contribution is 6.25. The van der Waals surface area contributed by atoms with Gasteiger partial charge in [0, 0.05) is 122 Å². The van der Waals surface area contributed by atoms with E-state index in [9.17, 15) is 80.7 Å². The summed E-state index contributed by atoms with van der Waals surface area (Å²) < 4.78 is 47.4. The minimum absolute atomic E-state index is 0.155. The van der Waals surface area contributed by atoms with E-state index >= 15 is 9.59 Å². The molecular weight excluding hydrogens is 1380 g/mol. The molecule has 0 saturated heterocycles. The third-order valence-corrected chi connectivity index (χ3v) is 20.7. The van der Waals surface area contributed by atoms with Crippen molar-refractivity contribution in [3.63, 3.8) is 0 Å². The number of anilines is 2. The minimum Gasteiger partial charge on any atom is -0.561 e. The zero-order chi connectivity index (χ0) is 79.1. The van der Waals surface area contributed by atoms with E-state index < -0.39 is 254 Å². The average Bonchev–Trinajstić information content (AvgIpc) is 1.52. The molecule has 4 aromatic carbocycles. The van der Waals surface area contributed by atoms with Crippen LogP contribution in [0.5, 0.6) is 46.0 Å². The van der Waals surface area contributed by atoms with Gasteiger partial charge in [0.05, 0.1) is 80.7 Å². The summed E-state index contributed by atoms with van der Waals surface area (Å²) in [6.45, 7) is 22.9. The van der Waals surface area contributed by atoms with Gasteiger partial charge in [-0.1, -0.05) is 91.8 Å². The van der Waals surface area contributed by atoms with Crippen molar-refractivity contribution in [3.8, 4) is 46.0 Å². The molecule has 10 bridgehead atoms. The molecule has 0 aliphatic carbocycles. The van der Waals surface area contributed by atoms with Crippen LogP contribution in [0.1, 0.15) is 140 Å². The number of carbonyl (C=O) groups excluding carboxylic acids is 6. The molecule has 18 atom stereocenters. The van der Waals surface area contributed by atoms with Crippen LogP contribution in [0.3, 0.4) is 0 Å². The summed E-state index contributed by atoms with van der Waals surface area (Å²) in [5.41, 5.74) is -5.56. The smallest absolute Gasteiger partial charge is 0.312 e. The fourth-order valence-electron chi connectivity index (χ4n) is 14.1. The van der Waals surface area contributed by atoms with Crippen LogP contribution in [0.2, 0.25) is 0 Å². The van der Waals surface area contributed by atoms with Crippen molar-refractivity contribution in [1.82, 2.24) is 0 Å². The Kier molecular flexibility index (Phi) is 24.5. The zero-order valence-corrected chi connectivity index (χ0v) is 62.1. The van der Waals surface area contributed by atoms with Crippen molar-refractivity contribution in [2.75, 3.05) is 24.9 Å². The number of hydrazone groups is 2. The number of amides is 2. The van der Waals surface area contributed by atoms with E-state index in [0.717, 1.165) is 12.5 Å². The Morgan fingerprint density at radius 3 is 1.13 bits per heavy atom. The number of esters is 2. The first kappa shape index (κ1) is 81.4. The molecular formula is C76H94N4O26. The van der Waals surface area contributed by atoms with Crippen molar-refractivity contribution in [2.24, 2.45) is 47.3 Å². The molecule has 6 aliphatic rings. The van der Waals surface area contributed by atoms with Gasteiger partial charge in [0.15, 0.2) is 11.5 Å². The lowest BCUT2D eigenvalue weighted by molar-refractivity contribution is -1.05. The summed E-state index contributed by atoms with van der Waals surface area (Å²) in [6.07, 6.45) is 4.54. The van der Waals surface area contributed by atoms with Crippen LogP contribution in [0, 0.1) is 71.6 Å². The number of nitrogens with one attached hydrogen (secondary N) is 2. The van der Waals surface area contributed by atoms with Crippen molar-refractivity contribution in [3.05, 3.63) is 116 Å². The molecule has 0 unspecified atom stereocenters. The molecule has 12 N–H and O–H groups in total. The lowest BCUT2D eigenvalue weighted by Crippen LogP contribution is -2.46. The normalized spacial score (nSPS) is 32.5. The number of phenolic OH excluding ortho intramolecular Hbond substituents is 6. The van der Waals surface area contributed by atoms with Gasteiger partial charge >= 0.3 is 23.5 Å². The first-order valence-electron chi connectivity index (χ1n) is 34.3. The molecule has 0 radical (unpaired) electrons. The van der Waals surface area contributed by atoms with E-state index in [1.807, 2.05) is 0 Å². The Morgan fingerprint density at radius 1 is 0.491 bits per heavy atom. The SMILES string of the molecule is CO[C@H]1/C=C/O[C@@]2(C)Oc3c(C)c(O)c4c(O)c(c(/C=[N+]([O-])/[N+]([O-])=C/c5c6c(O)c7c(O)c(C)c8c(c7c5O)C(=O)[C@@](C)(O/C=C/[C@H](OC)[C@@H](C)[C@@H](OC(C)=O)[C@H](C)[C@H](O)[C@H](C)[C@@H](O)[C@@H](C)/C=C/C=C(/C)C(=O)N6)O8)c(O)c4c3C2=O)NC(=O)/C(C)=C\C=C\[C@H](C)[C@H](O)[C@@H](C)[C@@H](O)[C@@H](C)[C@H](OC(C)=O)[C@@H]1C. The number of methoxy groups -OCH3 is 2. The first-order valence-corrected chi connectivity index (χ1v) is 34.3. The van der Waals surface area contributed by atoms with Gasteiger partial charge in [-0.3, -0.25) is 28.8 Å². The number of fused-ring (bicyclic) bond motifs is 28. The molecule has 0 spiro atoms. The van der Waals surface area contributed by atoms with E-state index in [-0.39, 0.29) is 34.7 Å². The van der Waals surface area contributed by atoms with Gasteiger partial charge in [-0.15, -0.1) is 0 Å². The van der Waals surface area contributed by atoms with Crippen LogP contribution >= 0.6 is 0 Å². The largest absolute Gasteiger partial charge is 0.561 e. The molecule has 574 valence electrons. The van der Waals surface area contributed by atoms with Crippen LogP contribution < -0.4 is 20.1 Å². The number of nitrogens with zero attached hydrogens (tertiary/aromatic N) is 2. The number of aliphatic hydroxyl groups is 4. The number of hydrogen-bond donors (Lipinski definition) is 12. The number of Topliss-reactive ketones (excluding diaryl/α,β-unsaturated/α-hetero) is 2. The minimum atomic E-state index is -2.39. The second-order valence-corrected chi connectivity index (χ2v) is 28.1. The van der Waals surface area contributed by atoms with Gasteiger partial charge < -0.3 is 110 Å². The lowest BCUT2D eigenvalue weighted by Gasteiger charge is -2.38. The van der Waals surface area contributed by atoms with E-state index in [2.05, 4.69) is 10.6 Å². The molecule has 30 heteroatoms. The maximum absolute atomic E-state index is 15.0. The molecule has 0 aromatic heterocycles. The number of ether oxygens (including phenoxy) is 8. The molecule has 10 rings (SSSR count). The monoisotopic (exact) mass is 1480 g/mol. The van der Waals surface area contributed by atoms with Gasteiger partial charge in [0.2, 0.25) is 0 Å². The van der Waals surface area contributed by atoms with Crippen molar-refractivity contribution in [1.29, 1.82) is 0 Å². The average molecular weight is 1480 g/mol. The molecule has 0 saturated carbocycles. The summed E-state index contributed by atoms with van der Waals surface area (Å²) in [7, 11) is 2.67. The summed E-state index contributed by atoms with van der Waals surface area (Å²) in [5.74, 6) is -24.0. The number of hydrazine groups is 1.